The number of rotatable bonds is 0. The average Bonchev–Trinajstić information content (AvgIpc) is 1.91. The molecule has 0 amide bonds. The molecule has 10 heavy (non-hydrogen) atoms. The van der Waals surface area contributed by atoms with Crippen LogP contribution in [0.5, 0.6) is 0 Å². The van der Waals surface area contributed by atoms with Gasteiger partial charge in [0.2, 0.25) is 0 Å². The van der Waals surface area contributed by atoms with Crippen LogP contribution in [0.1, 0.15) is 6.42 Å². The van der Waals surface area contributed by atoms with Crippen molar-refractivity contribution in [3.8, 4) is 0 Å². The van der Waals surface area contributed by atoms with Crippen LogP contribution in [0.3, 0.4) is 0 Å². The Morgan fingerprint density at radius 3 is 2.40 bits per heavy atom. The van der Waals surface area contributed by atoms with Crippen LogP contribution < -0.4 is 0 Å². The van der Waals surface area contributed by atoms with Crippen LogP contribution in [-0.2, 0) is 4.79 Å². The van der Waals surface area contributed by atoms with Gasteiger partial charge in [-0.25, -0.2) is 0 Å². The van der Waals surface area contributed by atoms with E-state index in [4.69, 9.17) is 15.3 Å². The average molecular weight is 139 g/mol. The summed E-state index contributed by atoms with van der Waals surface area (Å²) in [5, 5.41) is 13.9. The number of nitrogens with one attached hydrogen (secondary N) is 1. The molecule has 3 heteroatoms. The maximum atomic E-state index is 8.36. The van der Waals surface area contributed by atoms with Crippen molar-refractivity contribution < 1.29 is 9.90 Å². The lowest BCUT2D eigenvalue weighted by molar-refractivity contribution is -0.122. The van der Waals surface area contributed by atoms with Gasteiger partial charge in [-0.15, -0.1) is 0 Å². The first-order valence-electron chi connectivity index (χ1n) is 2.79. The topological polar surface area (TPSA) is 61.2 Å². The summed E-state index contributed by atoms with van der Waals surface area (Å²) in [7, 11) is 0. The van der Waals surface area contributed by atoms with E-state index in [9.17, 15) is 0 Å². The number of carbonyl (C=O) groups is 1. The minimum absolute atomic E-state index is 0.250. The summed E-state index contributed by atoms with van der Waals surface area (Å²) in [5.41, 5.74) is 0.697. The molecule has 1 aliphatic carbocycles. The standard InChI is InChI=1S/C6H7N.CH2O2/c7-6-4-2-1-3-5-6;2-1-3/h1-4,7H,5H2;1H,(H,2,3). The molecule has 0 heterocycles. The fraction of sp³-hybridized carbons (Fsp3) is 0.143. The zero-order chi connectivity index (χ0) is 7.82. The molecule has 0 atom stereocenters. The Morgan fingerprint density at radius 1 is 1.60 bits per heavy atom. The molecule has 0 aromatic carbocycles. The van der Waals surface area contributed by atoms with Crippen LogP contribution in [-0.4, -0.2) is 17.3 Å². The number of hydrogen-bond acceptors (Lipinski definition) is 2. The maximum Gasteiger partial charge on any atom is 0.290 e. The Balaban J connectivity index is 0.000000236. The van der Waals surface area contributed by atoms with E-state index in [1.54, 1.807) is 6.08 Å². The lowest BCUT2D eigenvalue weighted by Gasteiger charge is -1.92. The van der Waals surface area contributed by atoms with Crippen molar-refractivity contribution in [3.63, 3.8) is 0 Å². The second-order valence-electron chi connectivity index (χ2n) is 1.62. The van der Waals surface area contributed by atoms with Gasteiger partial charge >= 0.3 is 0 Å². The number of carboxylic acid groups (broad SMARTS) is 1. The van der Waals surface area contributed by atoms with E-state index in [2.05, 4.69) is 0 Å². The first-order valence-corrected chi connectivity index (χ1v) is 2.79. The molecule has 0 fully saturated rings. The summed E-state index contributed by atoms with van der Waals surface area (Å²) in [6, 6.07) is 0. The third-order valence-electron chi connectivity index (χ3n) is 0.882. The Bertz CT molecular complexity index is 170. The van der Waals surface area contributed by atoms with E-state index in [1.807, 2.05) is 18.2 Å². The van der Waals surface area contributed by atoms with Gasteiger partial charge in [0, 0.05) is 12.1 Å². The first-order chi connectivity index (χ1) is 4.81. The zero-order valence-electron chi connectivity index (χ0n) is 5.45. The molecule has 2 N–H and O–H groups in total. The second-order valence-corrected chi connectivity index (χ2v) is 1.62. The second kappa shape index (κ2) is 5.75. The summed E-state index contributed by atoms with van der Waals surface area (Å²) < 4.78 is 0. The van der Waals surface area contributed by atoms with Gasteiger partial charge in [-0.2, -0.15) is 0 Å². The molecule has 0 radical (unpaired) electrons. The Labute approximate surface area is 59.2 Å². The van der Waals surface area contributed by atoms with E-state index < -0.39 is 0 Å². The highest BCUT2D eigenvalue weighted by atomic mass is 16.3. The van der Waals surface area contributed by atoms with Crippen LogP contribution in [0, 0.1) is 5.41 Å². The zero-order valence-corrected chi connectivity index (χ0v) is 5.45. The predicted octanol–water partition coefficient (Wildman–Crippen LogP) is 1.22. The van der Waals surface area contributed by atoms with Crippen molar-refractivity contribution in [2.45, 2.75) is 6.42 Å². The molecular weight excluding hydrogens is 130 g/mol. The smallest absolute Gasteiger partial charge is 0.290 e. The van der Waals surface area contributed by atoms with Crippen LogP contribution in [0.4, 0.5) is 0 Å². The maximum absolute atomic E-state index is 8.36. The molecule has 0 aromatic rings. The van der Waals surface area contributed by atoms with Crippen LogP contribution in [0.15, 0.2) is 24.3 Å². The highest BCUT2D eigenvalue weighted by Crippen LogP contribution is 1.94. The molecule has 0 aliphatic heterocycles. The van der Waals surface area contributed by atoms with Gasteiger partial charge in [-0.1, -0.05) is 18.2 Å². The highest BCUT2D eigenvalue weighted by Gasteiger charge is 1.87. The fourth-order valence-corrected chi connectivity index (χ4v) is 0.513. The SMILES string of the molecule is N=C1C=CC=CC1.O=CO. The van der Waals surface area contributed by atoms with Crippen molar-refractivity contribution in [2.24, 2.45) is 0 Å². The summed E-state index contributed by atoms with van der Waals surface area (Å²) >= 11 is 0. The van der Waals surface area contributed by atoms with Gasteiger partial charge in [0.05, 0.1) is 0 Å². The minimum Gasteiger partial charge on any atom is -0.483 e. The van der Waals surface area contributed by atoms with Gasteiger partial charge in [0.1, 0.15) is 0 Å². The third kappa shape index (κ3) is 4.77. The van der Waals surface area contributed by atoms with Crippen molar-refractivity contribution >= 4 is 12.2 Å². The van der Waals surface area contributed by atoms with Gasteiger partial charge in [0.25, 0.3) is 6.47 Å². The van der Waals surface area contributed by atoms with E-state index in [0.717, 1.165) is 6.42 Å². The molecule has 0 aromatic heterocycles. The summed E-state index contributed by atoms with van der Waals surface area (Å²) in [5.74, 6) is 0. The lowest BCUT2D eigenvalue weighted by atomic mass is 10.2. The molecule has 0 saturated heterocycles. The largest absolute Gasteiger partial charge is 0.483 e. The molecule has 0 bridgehead atoms. The van der Waals surface area contributed by atoms with Gasteiger partial charge < -0.3 is 10.5 Å². The molecular formula is C7H9NO2. The lowest BCUT2D eigenvalue weighted by Crippen LogP contribution is -1.89. The van der Waals surface area contributed by atoms with E-state index in [0.29, 0.717) is 5.71 Å². The van der Waals surface area contributed by atoms with E-state index in [-0.39, 0.29) is 6.47 Å². The van der Waals surface area contributed by atoms with Crippen LogP contribution in [0.25, 0.3) is 0 Å². The normalized spacial score (nSPS) is 13.8. The van der Waals surface area contributed by atoms with Gasteiger partial charge in [-0.3, -0.25) is 4.79 Å². The highest BCUT2D eigenvalue weighted by molar-refractivity contribution is 5.94. The quantitative estimate of drug-likeness (QED) is 0.496. The Kier molecular flexibility index (Phi) is 4.96. The Morgan fingerprint density at radius 2 is 2.20 bits per heavy atom. The van der Waals surface area contributed by atoms with Crippen molar-refractivity contribution in [2.75, 3.05) is 0 Å². The molecule has 3 nitrogen and oxygen atoms in total. The fourth-order valence-electron chi connectivity index (χ4n) is 0.513. The van der Waals surface area contributed by atoms with E-state index >= 15 is 0 Å². The summed E-state index contributed by atoms with van der Waals surface area (Å²) in [4.78, 5) is 8.36. The molecule has 0 spiro atoms. The van der Waals surface area contributed by atoms with Crippen LogP contribution >= 0.6 is 0 Å². The molecule has 1 aliphatic rings. The minimum atomic E-state index is -0.250. The molecule has 1 rings (SSSR count). The monoisotopic (exact) mass is 139 g/mol. The number of hydrogen-bond donors (Lipinski definition) is 2. The Hall–Kier alpha value is -1.38. The molecule has 54 valence electrons. The van der Waals surface area contributed by atoms with Crippen molar-refractivity contribution in [3.05, 3.63) is 24.3 Å². The predicted molar refractivity (Wildman–Crippen MR) is 39.3 cm³/mol. The summed E-state index contributed by atoms with van der Waals surface area (Å²) in [6.45, 7) is -0.250. The van der Waals surface area contributed by atoms with Gasteiger partial charge in [-0.05, 0) is 6.08 Å². The third-order valence-corrected chi connectivity index (χ3v) is 0.882. The van der Waals surface area contributed by atoms with E-state index in [1.165, 1.54) is 0 Å². The van der Waals surface area contributed by atoms with Crippen molar-refractivity contribution in [1.82, 2.24) is 0 Å². The summed E-state index contributed by atoms with van der Waals surface area (Å²) in [6.07, 6.45) is 8.42. The van der Waals surface area contributed by atoms with Crippen LogP contribution in [0.2, 0.25) is 0 Å². The number of allylic oxidation sites excluding steroid dienone is 4. The molecule has 0 unspecified atom stereocenters. The van der Waals surface area contributed by atoms with Crippen molar-refractivity contribution in [1.29, 1.82) is 5.41 Å². The molecule has 0 saturated carbocycles. The van der Waals surface area contributed by atoms with Gasteiger partial charge in [0.15, 0.2) is 0 Å². The first kappa shape index (κ1) is 8.62.